The normalized spacial score (nSPS) is 15.4. The molecule has 0 amide bonds. The van der Waals surface area contributed by atoms with Gasteiger partial charge < -0.3 is 9.80 Å². The molecular formula is C14H15BrClN5. The Kier molecular flexibility index (Phi) is 4.26. The Hall–Kier alpha value is -1.40. The van der Waals surface area contributed by atoms with Crippen LogP contribution in [-0.2, 0) is 0 Å². The minimum absolute atomic E-state index is 0.674. The fraction of sp³-hybridized carbons (Fsp3) is 0.357. The van der Waals surface area contributed by atoms with E-state index < -0.39 is 0 Å². The maximum atomic E-state index is 6.26. The van der Waals surface area contributed by atoms with E-state index in [0.29, 0.717) is 5.02 Å². The molecule has 1 fully saturated rings. The molecule has 1 saturated heterocycles. The van der Waals surface area contributed by atoms with Crippen molar-refractivity contribution >= 4 is 39.2 Å². The van der Waals surface area contributed by atoms with Gasteiger partial charge in [-0.2, -0.15) is 5.10 Å². The molecule has 1 aliphatic heterocycles. The monoisotopic (exact) mass is 367 g/mol. The summed E-state index contributed by atoms with van der Waals surface area (Å²) in [5.41, 5.74) is 0.934. The molecule has 3 heterocycles. The molecule has 0 aromatic carbocycles. The molecule has 110 valence electrons. The van der Waals surface area contributed by atoms with Crippen molar-refractivity contribution in [1.82, 2.24) is 15.2 Å². The number of rotatable bonds is 2. The molecule has 0 spiro atoms. The van der Waals surface area contributed by atoms with Gasteiger partial charge in [-0.15, -0.1) is 5.10 Å². The fourth-order valence-electron chi connectivity index (χ4n) is 2.35. The molecule has 0 N–H and O–H groups in total. The van der Waals surface area contributed by atoms with E-state index in [1.165, 1.54) is 0 Å². The van der Waals surface area contributed by atoms with Crippen molar-refractivity contribution in [2.24, 2.45) is 0 Å². The molecule has 0 aliphatic carbocycles. The smallest absolute Gasteiger partial charge is 0.151 e. The number of halogens is 2. The lowest BCUT2D eigenvalue weighted by Crippen LogP contribution is -2.47. The highest BCUT2D eigenvalue weighted by Gasteiger charge is 2.21. The lowest BCUT2D eigenvalue weighted by atomic mass is 10.3. The summed E-state index contributed by atoms with van der Waals surface area (Å²) >= 11 is 9.64. The second-order valence-electron chi connectivity index (χ2n) is 4.97. The maximum absolute atomic E-state index is 6.26. The first kappa shape index (κ1) is 14.5. The largest absolute Gasteiger partial charge is 0.352 e. The van der Waals surface area contributed by atoms with Crippen molar-refractivity contribution in [2.45, 2.75) is 6.92 Å². The SMILES string of the molecule is Cc1ccc(N2CCN(c3ncc(Br)cc3Cl)CC2)nn1. The molecule has 2 aromatic rings. The van der Waals surface area contributed by atoms with Gasteiger partial charge in [0.25, 0.3) is 0 Å². The number of nitrogens with zero attached hydrogens (tertiary/aromatic N) is 5. The third-order valence-electron chi connectivity index (χ3n) is 3.48. The van der Waals surface area contributed by atoms with E-state index in [1.54, 1.807) is 6.20 Å². The molecule has 0 unspecified atom stereocenters. The first-order valence-electron chi connectivity index (χ1n) is 6.75. The summed E-state index contributed by atoms with van der Waals surface area (Å²) in [6, 6.07) is 5.88. The first-order valence-corrected chi connectivity index (χ1v) is 7.92. The van der Waals surface area contributed by atoms with Crippen molar-refractivity contribution in [3.63, 3.8) is 0 Å². The average Bonchev–Trinajstić information content (AvgIpc) is 2.48. The van der Waals surface area contributed by atoms with Gasteiger partial charge in [-0.3, -0.25) is 0 Å². The molecule has 5 nitrogen and oxygen atoms in total. The van der Waals surface area contributed by atoms with Crippen molar-refractivity contribution in [1.29, 1.82) is 0 Å². The Bertz CT molecular complexity index is 626. The van der Waals surface area contributed by atoms with Crippen LogP contribution in [0.4, 0.5) is 11.6 Å². The van der Waals surface area contributed by atoms with Crippen LogP contribution in [0.25, 0.3) is 0 Å². The Balaban J connectivity index is 1.68. The predicted molar refractivity (Wildman–Crippen MR) is 88.1 cm³/mol. The number of anilines is 2. The van der Waals surface area contributed by atoms with E-state index in [4.69, 9.17) is 11.6 Å². The molecule has 1 aliphatic rings. The van der Waals surface area contributed by atoms with Gasteiger partial charge >= 0.3 is 0 Å². The van der Waals surface area contributed by atoms with Crippen LogP contribution in [0.3, 0.4) is 0 Å². The molecular weight excluding hydrogens is 354 g/mol. The Morgan fingerprint density at radius 1 is 1.10 bits per heavy atom. The minimum atomic E-state index is 0.674. The summed E-state index contributed by atoms with van der Waals surface area (Å²) in [5.74, 6) is 1.77. The summed E-state index contributed by atoms with van der Waals surface area (Å²) in [6.45, 7) is 5.43. The van der Waals surface area contributed by atoms with E-state index in [-0.39, 0.29) is 0 Å². The molecule has 7 heteroatoms. The van der Waals surface area contributed by atoms with Gasteiger partial charge in [0.15, 0.2) is 5.82 Å². The Morgan fingerprint density at radius 3 is 2.43 bits per heavy atom. The minimum Gasteiger partial charge on any atom is -0.352 e. The molecule has 0 atom stereocenters. The number of hydrogen-bond donors (Lipinski definition) is 0. The third-order valence-corrected chi connectivity index (χ3v) is 4.19. The van der Waals surface area contributed by atoms with E-state index in [0.717, 1.165) is 48.0 Å². The lowest BCUT2D eigenvalue weighted by molar-refractivity contribution is 0.637. The van der Waals surface area contributed by atoms with Crippen LogP contribution in [0.1, 0.15) is 5.69 Å². The van der Waals surface area contributed by atoms with Crippen molar-refractivity contribution in [2.75, 3.05) is 36.0 Å². The van der Waals surface area contributed by atoms with Crippen molar-refractivity contribution < 1.29 is 0 Å². The highest BCUT2D eigenvalue weighted by atomic mass is 79.9. The van der Waals surface area contributed by atoms with E-state index >= 15 is 0 Å². The third kappa shape index (κ3) is 3.27. The number of hydrogen-bond acceptors (Lipinski definition) is 5. The number of pyridine rings is 1. The lowest BCUT2D eigenvalue weighted by Gasteiger charge is -2.36. The van der Waals surface area contributed by atoms with Gasteiger partial charge in [-0.25, -0.2) is 4.98 Å². The Labute approximate surface area is 137 Å². The number of aromatic nitrogens is 3. The molecule has 0 radical (unpaired) electrons. The highest BCUT2D eigenvalue weighted by Crippen LogP contribution is 2.27. The molecule has 21 heavy (non-hydrogen) atoms. The van der Waals surface area contributed by atoms with Crippen LogP contribution >= 0.6 is 27.5 Å². The fourth-order valence-corrected chi connectivity index (χ4v) is 3.10. The molecule has 3 rings (SSSR count). The van der Waals surface area contributed by atoms with Crippen molar-refractivity contribution in [3.8, 4) is 0 Å². The van der Waals surface area contributed by atoms with Crippen LogP contribution in [0.15, 0.2) is 28.9 Å². The van der Waals surface area contributed by atoms with Crippen LogP contribution in [0.2, 0.25) is 5.02 Å². The van der Waals surface area contributed by atoms with Gasteiger partial charge in [-0.05, 0) is 41.1 Å². The predicted octanol–water partition coefficient (Wildman–Crippen LogP) is 2.92. The van der Waals surface area contributed by atoms with Gasteiger partial charge in [0.1, 0.15) is 5.82 Å². The summed E-state index contributed by atoms with van der Waals surface area (Å²) in [4.78, 5) is 8.84. The van der Waals surface area contributed by atoms with Gasteiger partial charge in [-0.1, -0.05) is 11.6 Å². The van der Waals surface area contributed by atoms with Crippen LogP contribution in [-0.4, -0.2) is 41.4 Å². The standard InChI is InChI=1S/C14H15BrClN5/c1-10-2-3-13(19-18-10)20-4-6-21(7-5-20)14-12(16)8-11(15)9-17-14/h2-3,8-9H,4-7H2,1H3. The second-order valence-corrected chi connectivity index (χ2v) is 6.29. The van der Waals surface area contributed by atoms with Crippen LogP contribution in [0, 0.1) is 6.92 Å². The first-order chi connectivity index (χ1) is 10.1. The van der Waals surface area contributed by atoms with Crippen LogP contribution in [0.5, 0.6) is 0 Å². The van der Waals surface area contributed by atoms with Crippen LogP contribution < -0.4 is 9.80 Å². The zero-order valence-electron chi connectivity index (χ0n) is 11.6. The quantitative estimate of drug-likeness (QED) is 0.815. The van der Waals surface area contributed by atoms with Gasteiger partial charge in [0, 0.05) is 36.8 Å². The zero-order chi connectivity index (χ0) is 14.8. The van der Waals surface area contributed by atoms with Crippen molar-refractivity contribution in [3.05, 3.63) is 39.6 Å². The molecule has 0 saturated carbocycles. The summed E-state index contributed by atoms with van der Waals surface area (Å²) in [6.07, 6.45) is 1.78. The maximum Gasteiger partial charge on any atom is 0.151 e. The highest BCUT2D eigenvalue weighted by molar-refractivity contribution is 9.10. The summed E-state index contributed by atoms with van der Waals surface area (Å²) < 4.78 is 0.893. The molecule has 2 aromatic heterocycles. The topological polar surface area (TPSA) is 45.2 Å². The summed E-state index contributed by atoms with van der Waals surface area (Å²) in [7, 11) is 0. The second kappa shape index (κ2) is 6.15. The van der Waals surface area contributed by atoms with E-state index in [1.807, 2.05) is 25.1 Å². The van der Waals surface area contributed by atoms with Gasteiger partial charge in [0.05, 0.1) is 10.7 Å². The summed E-state index contributed by atoms with van der Waals surface area (Å²) in [5, 5.41) is 9.02. The number of piperazine rings is 1. The van der Waals surface area contributed by atoms with E-state index in [2.05, 4.69) is 40.9 Å². The van der Waals surface area contributed by atoms with E-state index in [9.17, 15) is 0 Å². The Morgan fingerprint density at radius 2 is 1.81 bits per heavy atom. The molecule has 0 bridgehead atoms. The average molecular weight is 369 g/mol. The van der Waals surface area contributed by atoms with Gasteiger partial charge in [0.2, 0.25) is 0 Å². The number of aryl methyl sites for hydroxylation is 1. The zero-order valence-corrected chi connectivity index (χ0v) is 14.0.